The van der Waals surface area contributed by atoms with Crippen LogP contribution >= 0.6 is 0 Å². The maximum atomic E-state index is 11.0. The normalized spacial score (nSPS) is 17.6. The highest BCUT2D eigenvalue weighted by atomic mass is 16.4. The molecule has 0 spiro atoms. The number of aliphatic carboxylic acids is 1. The van der Waals surface area contributed by atoms with Gasteiger partial charge in [0, 0.05) is 0 Å². The second-order valence-electron chi connectivity index (χ2n) is 7.35. The van der Waals surface area contributed by atoms with Gasteiger partial charge in [-0.25, -0.2) is 0 Å². The van der Waals surface area contributed by atoms with Crippen molar-refractivity contribution in [1.29, 1.82) is 0 Å². The van der Waals surface area contributed by atoms with Gasteiger partial charge in [-0.15, -0.1) is 0 Å². The minimum atomic E-state index is -2.28. The number of carboxylic acid groups (broad SMARTS) is 1. The Hall–Kier alpha value is -1.25. The smallest absolute Gasteiger partial charge is 0.328 e. The van der Waals surface area contributed by atoms with Crippen LogP contribution in [0, 0.1) is 0 Å². The van der Waals surface area contributed by atoms with Gasteiger partial charge in [-0.05, 0) is 38.5 Å². The molecular weight excluding hydrogens is 362 g/mol. The number of aliphatic hydroxyl groups is 4. The molecule has 0 amide bonds. The zero-order chi connectivity index (χ0) is 21.4. The van der Waals surface area contributed by atoms with Crippen LogP contribution in [-0.2, 0) is 4.79 Å². The van der Waals surface area contributed by atoms with Crippen molar-refractivity contribution in [3.05, 3.63) is 24.3 Å². The first-order chi connectivity index (χ1) is 13.3. The predicted octanol–water partition coefficient (Wildman–Crippen LogP) is 1.88. The van der Waals surface area contributed by atoms with Crippen LogP contribution in [0.15, 0.2) is 24.3 Å². The van der Waals surface area contributed by atoms with E-state index in [1.54, 1.807) is 6.08 Å². The summed E-state index contributed by atoms with van der Waals surface area (Å²) < 4.78 is 0. The summed E-state index contributed by atoms with van der Waals surface area (Å²) in [6.07, 6.45) is 13.0. The van der Waals surface area contributed by atoms with Gasteiger partial charge < -0.3 is 31.3 Å². The molecule has 164 valence electrons. The lowest BCUT2D eigenvalue weighted by atomic mass is 9.89. The fourth-order valence-electron chi connectivity index (χ4n) is 2.77. The minimum absolute atomic E-state index is 0.0531. The average molecular weight is 402 g/mol. The largest absolute Gasteiger partial charge is 0.480 e. The molecule has 28 heavy (non-hydrogen) atoms. The number of nitrogens with two attached hydrogens (primary N) is 1. The Morgan fingerprint density at radius 2 is 1.64 bits per heavy atom. The molecule has 0 aliphatic rings. The Morgan fingerprint density at radius 1 is 1.00 bits per heavy atom. The standard InChI is InChI=1S/C21H39NO6/c1-2-3-4-10-13-17(24)14-11-8-6-5-7-9-12-15-18(25)19(26)21(22,16-23)20(27)28/h9,11-12,14,17-19,23-26H,2-8,10,13,15-16,22H2,1H3,(H,27,28)/b12-9+,14-11+/t17?,18-,19+,21?/m1/s1. The summed E-state index contributed by atoms with van der Waals surface area (Å²) in [6, 6.07) is 0. The first-order valence-corrected chi connectivity index (χ1v) is 10.3. The van der Waals surface area contributed by atoms with E-state index in [1.165, 1.54) is 19.3 Å². The summed E-state index contributed by atoms with van der Waals surface area (Å²) >= 11 is 0. The third kappa shape index (κ3) is 10.9. The third-order valence-electron chi connectivity index (χ3n) is 4.80. The summed E-state index contributed by atoms with van der Waals surface area (Å²) in [5, 5.41) is 47.6. The second kappa shape index (κ2) is 15.6. The van der Waals surface area contributed by atoms with Crippen LogP contribution in [0.3, 0.4) is 0 Å². The van der Waals surface area contributed by atoms with E-state index in [0.29, 0.717) is 0 Å². The van der Waals surface area contributed by atoms with Gasteiger partial charge in [-0.1, -0.05) is 56.9 Å². The molecular formula is C21H39NO6. The highest BCUT2D eigenvalue weighted by molar-refractivity contribution is 5.79. The molecule has 0 aromatic carbocycles. The summed E-state index contributed by atoms with van der Waals surface area (Å²) in [5.74, 6) is -1.57. The molecule has 0 aliphatic heterocycles. The highest BCUT2D eigenvalue weighted by Crippen LogP contribution is 2.14. The molecule has 7 nitrogen and oxygen atoms in total. The van der Waals surface area contributed by atoms with Crippen molar-refractivity contribution in [3.8, 4) is 0 Å². The predicted molar refractivity (Wildman–Crippen MR) is 110 cm³/mol. The summed E-state index contributed by atoms with van der Waals surface area (Å²) in [4.78, 5) is 11.0. The molecule has 4 atom stereocenters. The van der Waals surface area contributed by atoms with Crippen molar-refractivity contribution in [1.82, 2.24) is 0 Å². The SMILES string of the molecule is CCCCCCC(O)/C=C/CCCC/C=C/C[C@@H](O)[C@H](O)C(N)(CO)C(=O)O. The summed E-state index contributed by atoms with van der Waals surface area (Å²) in [5.41, 5.74) is 3.16. The second-order valence-corrected chi connectivity index (χ2v) is 7.35. The molecule has 0 heterocycles. The van der Waals surface area contributed by atoms with Crippen LogP contribution in [0.2, 0.25) is 0 Å². The van der Waals surface area contributed by atoms with E-state index in [2.05, 4.69) is 6.92 Å². The maximum Gasteiger partial charge on any atom is 0.328 e. The van der Waals surface area contributed by atoms with Gasteiger partial charge in [0.25, 0.3) is 0 Å². The molecule has 0 saturated carbocycles. The van der Waals surface area contributed by atoms with E-state index in [0.717, 1.165) is 38.5 Å². The molecule has 2 unspecified atom stereocenters. The lowest BCUT2D eigenvalue weighted by Crippen LogP contribution is -2.63. The molecule has 0 aliphatic carbocycles. The lowest BCUT2D eigenvalue weighted by molar-refractivity contribution is -0.154. The molecule has 0 rings (SSSR count). The highest BCUT2D eigenvalue weighted by Gasteiger charge is 2.44. The molecule has 0 saturated heterocycles. The zero-order valence-electron chi connectivity index (χ0n) is 17.0. The van der Waals surface area contributed by atoms with Crippen molar-refractivity contribution in [2.45, 2.75) is 95.0 Å². The van der Waals surface area contributed by atoms with Crippen LogP contribution in [0.1, 0.15) is 71.1 Å². The van der Waals surface area contributed by atoms with Gasteiger partial charge in [-0.3, -0.25) is 4.79 Å². The lowest BCUT2D eigenvalue weighted by Gasteiger charge is -2.30. The maximum absolute atomic E-state index is 11.0. The van der Waals surface area contributed by atoms with Crippen molar-refractivity contribution < 1.29 is 30.3 Å². The molecule has 0 aromatic rings. The van der Waals surface area contributed by atoms with Gasteiger partial charge in [0.05, 0.1) is 18.8 Å². The first kappa shape index (κ1) is 26.8. The topological polar surface area (TPSA) is 144 Å². The van der Waals surface area contributed by atoms with Crippen molar-refractivity contribution in [3.63, 3.8) is 0 Å². The average Bonchev–Trinajstić information content (AvgIpc) is 2.68. The van der Waals surface area contributed by atoms with Gasteiger partial charge in [-0.2, -0.15) is 0 Å². The van der Waals surface area contributed by atoms with Gasteiger partial charge in [0.2, 0.25) is 0 Å². The van der Waals surface area contributed by atoms with Gasteiger partial charge in [0.15, 0.2) is 5.54 Å². The number of aliphatic hydroxyl groups excluding tert-OH is 4. The van der Waals surface area contributed by atoms with Gasteiger partial charge >= 0.3 is 5.97 Å². The molecule has 0 radical (unpaired) electrons. The number of carboxylic acids is 1. The number of rotatable bonds is 17. The fraction of sp³-hybridized carbons (Fsp3) is 0.762. The Balaban J connectivity index is 3.90. The van der Waals surface area contributed by atoms with Gasteiger partial charge in [0.1, 0.15) is 6.10 Å². The van der Waals surface area contributed by atoms with E-state index >= 15 is 0 Å². The van der Waals surface area contributed by atoms with Crippen LogP contribution in [0.4, 0.5) is 0 Å². The van der Waals surface area contributed by atoms with Crippen LogP contribution in [0.5, 0.6) is 0 Å². The molecule has 0 fully saturated rings. The van der Waals surface area contributed by atoms with E-state index in [4.69, 9.17) is 15.9 Å². The van der Waals surface area contributed by atoms with E-state index in [1.807, 2.05) is 18.2 Å². The molecule has 0 bridgehead atoms. The number of allylic oxidation sites excluding steroid dienone is 2. The molecule has 0 aromatic heterocycles. The Bertz CT molecular complexity index is 468. The third-order valence-corrected chi connectivity index (χ3v) is 4.80. The van der Waals surface area contributed by atoms with E-state index in [-0.39, 0.29) is 12.5 Å². The zero-order valence-corrected chi connectivity index (χ0v) is 17.0. The van der Waals surface area contributed by atoms with E-state index in [9.17, 15) is 20.1 Å². The van der Waals surface area contributed by atoms with Crippen molar-refractivity contribution in [2.75, 3.05) is 6.61 Å². The molecule has 7 N–H and O–H groups in total. The Labute approximate surface area is 168 Å². The minimum Gasteiger partial charge on any atom is -0.480 e. The first-order valence-electron chi connectivity index (χ1n) is 10.3. The van der Waals surface area contributed by atoms with Crippen LogP contribution in [0.25, 0.3) is 0 Å². The van der Waals surface area contributed by atoms with Crippen molar-refractivity contribution in [2.24, 2.45) is 5.73 Å². The number of carbonyl (C=O) groups is 1. The Morgan fingerprint density at radius 3 is 2.21 bits per heavy atom. The van der Waals surface area contributed by atoms with Crippen LogP contribution < -0.4 is 5.73 Å². The van der Waals surface area contributed by atoms with E-state index < -0.39 is 30.3 Å². The quantitative estimate of drug-likeness (QED) is 0.161. The van der Waals surface area contributed by atoms with Crippen LogP contribution in [-0.4, -0.2) is 62.0 Å². The monoisotopic (exact) mass is 401 g/mol. The van der Waals surface area contributed by atoms with Crippen molar-refractivity contribution >= 4 is 5.97 Å². The summed E-state index contributed by atoms with van der Waals surface area (Å²) in [7, 11) is 0. The fourth-order valence-corrected chi connectivity index (χ4v) is 2.77. The summed E-state index contributed by atoms with van der Waals surface area (Å²) in [6.45, 7) is 1.20. The number of hydrogen-bond acceptors (Lipinski definition) is 6. The Kier molecular flexibility index (Phi) is 14.9. The number of unbranched alkanes of at least 4 members (excludes halogenated alkanes) is 6. The number of hydrogen-bond donors (Lipinski definition) is 6. The molecule has 7 heteroatoms.